The van der Waals surface area contributed by atoms with Crippen LogP contribution in [-0.2, 0) is 10.2 Å². The van der Waals surface area contributed by atoms with Gasteiger partial charge in [-0.25, -0.2) is 0 Å². The van der Waals surface area contributed by atoms with Gasteiger partial charge in [-0.3, -0.25) is 9.89 Å². The molecule has 1 unspecified atom stereocenters. The third-order valence-corrected chi connectivity index (χ3v) is 6.85. The molecule has 2 heterocycles. The third kappa shape index (κ3) is 4.57. The van der Waals surface area contributed by atoms with Crippen molar-refractivity contribution in [1.82, 2.24) is 15.5 Å². The Morgan fingerprint density at radius 1 is 1.14 bits per heavy atom. The maximum atomic E-state index is 5.54. The molecule has 1 aliphatic heterocycles. The van der Waals surface area contributed by atoms with Gasteiger partial charge in [0.15, 0.2) is 5.96 Å². The molecular weight excluding hydrogens is 368 g/mol. The van der Waals surface area contributed by atoms with Gasteiger partial charge in [0, 0.05) is 43.5 Å². The Hall–Kier alpha value is -1.89. The van der Waals surface area contributed by atoms with Crippen molar-refractivity contribution in [3.05, 3.63) is 58.3 Å². The van der Waals surface area contributed by atoms with E-state index >= 15 is 0 Å². The van der Waals surface area contributed by atoms with E-state index in [-0.39, 0.29) is 5.41 Å². The van der Waals surface area contributed by atoms with Crippen molar-refractivity contribution in [2.24, 2.45) is 4.99 Å². The molecule has 150 valence electrons. The molecule has 28 heavy (non-hydrogen) atoms. The molecule has 2 N–H and O–H groups in total. The molecule has 1 aromatic carbocycles. The molecule has 5 nitrogen and oxygen atoms in total. The predicted molar refractivity (Wildman–Crippen MR) is 116 cm³/mol. The molecule has 0 spiro atoms. The van der Waals surface area contributed by atoms with Crippen molar-refractivity contribution >= 4 is 17.3 Å². The number of nitrogens with one attached hydrogen (secondary N) is 2. The maximum Gasteiger partial charge on any atom is 0.191 e. The highest BCUT2D eigenvalue weighted by molar-refractivity contribution is 7.10. The lowest BCUT2D eigenvalue weighted by atomic mass is 9.96. The van der Waals surface area contributed by atoms with E-state index in [2.05, 4.69) is 68.4 Å². The van der Waals surface area contributed by atoms with Crippen molar-refractivity contribution in [2.75, 3.05) is 46.4 Å². The van der Waals surface area contributed by atoms with E-state index in [9.17, 15) is 0 Å². The molecule has 2 fully saturated rings. The van der Waals surface area contributed by atoms with Gasteiger partial charge >= 0.3 is 0 Å². The minimum atomic E-state index is 0.274. The Balaban J connectivity index is 1.35. The number of aliphatic imine (C=N–C) groups is 1. The topological polar surface area (TPSA) is 48.9 Å². The molecule has 1 aliphatic carbocycles. The number of ether oxygens (including phenoxy) is 1. The summed E-state index contributed by atoms with van der Waals surface area (Å²) < 4.78 is 5.54. The van der Waals surface area contributed by atoms with E-state index in [0.717, 1.165) is 45.4 Å². The molecule has 1 aromatic heterocycles. The highest BCUT2D eigenvalue weighted by Crippen LogP contribution is 2.47. The van der Waals surface area contributed by atoms with Crippen LogP contribution in [0.1, 0.15) is 29.3 Å². The van der Waals surface area contributed by atoms with Crippen LogP contribution in [0.3, 0.4) is 0 Å². The minimum Gasteiger partial charge on any atom is -0.379 e. The number of hydrogen-bond donors (Lipinski definition) is 2. The molecule has 1 saturated carbocycles. The Morgan fingerprint density at radius 3 is 2.57 bits per heavy atom. The second-order valence-corrected chi connectivity index (χ2v) is 8.61. The quantitative estimate of drug-likeness (QED) is 0.556. The summed E-state index contributed by atoms with van der Waals surface area (Å²) in [6.45, 7) is 5.36. The lowest BCUT2D eigenvalue weighted by Gasteiger charge is -2.34. The van der Waals surface area contributed by atoms with Crippen LogP contribution < -0.4 is 10.6 Å². The minimum absolute atomic E-state index is 0.274. The molecule has 1 saturated heterocycles. The largest absolute Gasteiger partial charge is 0.379 e. The number of hydrogen-bond acceptors (Lipinski definition) is 4. The second kappa shape index (κ2) is 9.07. The zero-order chi connectivity index (χ0) is 19.2. The summed E-state index contributed by atoms with van der Waals surface area (Å²) in [6, 6.07) is 15.6. The number of guanidine groups is 1. The number of nitrogens with zero attached hydrogens (tertiary/aromatic N) is 2. The fourth-order valence-corrected chi connectivity index (χ4v) is 4.82. The van der Waals surface area contributed by atoms with Gasteiger partial charge in [0.25, 0.3) is 0 Å². The molecule has 1 atom stereocenters. The van der Waals surface area contributed by atoms with Crippen LogP contribution in [0.2, 0.25) is 0 Å². The van der Waals surface area contributed by atoms with Crippen LogP contribution in [0.15, 0.2) is 52.8 Å². The molecule has 2 aromatic rings. The molecule has 4 rings (SSSR count). The normalized spacial score (nSPS) is 20.5. The number of morpholine rings is 1. The van der Waals surface area contributed by atoms with Crippen molar-refractivity contribution in [1.29, 1.82) is 0 Å². The smallest absolute Gasteiger partial charge is 0.191 e. The summed E-state index contributed by atoms with van der Waals surface area (Å²) in [5.41, 5.74) is 1.71. The van der Waals surface area contributed by atoms with Crippen molar-refractivity contribution in [3.8, 4) is 0 Å². The number of benzene rings is 1. The summed E-state index contributed by atoms with van der Waals surface area (Å²) in [4.78, 5) is 8.38. The van der Waals surface area contributed by atoms with Gasteiger partial charge in [-0.15, -0.1) is 11.3 Å². The Labute approximate surface area is 171 Å². The number of thiophene rings is 1. The van der Waals surface area contributed by atoms with Crippen LogP contribution in [-0.4, -0.2) is 57.3 Å². The van der Waals surface area contributed by atoms with Gasteiger partial charge in [-0.2, -0.15) is 0 Å². The van der Waals surface area contributed by atoms with E-state index in [1.165, 1.54) is 23.3 Å². The number of rotatable bonds is 7. The van der Waals surface area contributed by atoms with Crippen LogP contribution >= 0.6 is 11.3 Å². The second-order valence-electron chi connectivity index (χ2n) is 7.63. The van der Waals surface area contributed by atoms with Gasteiger partial charge in [-0.05, 0) is 29.9 Å². The Bertz CT molecular complexity index is 752. The fourth-order valence-electron chi connectivity index (χ4n) is 3.96. The molecule has 0 bridgehead atoms. The summed E-state index contributed by atoms with van der Waals surface area (Å²) in [5, 5.41) is 9.30. The molecule has 0 amide bonds. The Kier molecular flexibility index (Phi) is 6.29. The average Bonchev–Trinajstić information content (AvgIpc) is 3.36. The van der Waals surface area contributed by atoms with Crippen molar-refractivity contribution in [3.63, 3.8) is 0 Å². The SMILES string of the molecule is CN=C(NCC(c1cccs1)N1CCOCC1)NCC1(c2ccccc2)CC1. The van der Waals surface area contributed by atoms with E-state index in [0.29, 0.717) is 6.04 Å². The maximum absolute atomic E-state index is 5.54. The van der Waals surface area contributed by atoms with Crippen molar-refractivity contribution < 1.29 is 4.74 Å². The summed E-state index contributed by atoms with van der Waals surface area (Å²) in [7, 11) is 1.85. The first-order valence-electron chi connectivity index (χ1n) is 10.2. The first kappa shape index (κ1) is 19.4. The summed E-state index contributed by atoms with van der Waals surface area (Å²) in [6.07, 6.45) is 2.49. The highest BCUT2D eigenvalue weighted by Gasteiger charge is 2.44. The first-order chi connectivity index (χ1) is 13.8. The van der Waals surface area contributed by atoms with Gasteiger partial charge in [-0.1, -0.05) is 36.4 Å². The molecule has 0 radical (unpaired) electrons. The lowest BCUT2D eigenvalue weighted by Crippen LogP contribution is -2.47. The van der Waals surface area contributed by atoms with Crippen LogP contribution in [0, 0.1) is 0 Å². The standard InChI is InChI=1S/C22H30N4OS/c1-23-21(25-17-22(9-10-22)18-6-3-2-4-7-18)24-16-19(20-8-5-15-28-20)26-11-13-27-14-12-26/h2-8,15,19H,9-14,16-17H2,1H3,(H2,23,24,25). The van der Waals surface area contributed by atoms with E-state index in [4.69, 9.17) is 4.74 Å². The monoisotopic (exact) mass is 398 g/mol. The van der Waals surface area contributed by atoms with Crippen LogP contribution in [0.4, 0.5) is 0 Å². The van der Waals surface area contributed by atoms with Crippen molar-refractivity contribution in [2.45, 2.75) is 24.3 Å². The summed E-state index contributed by atoms with van der Waals surface area (Å²) >= 11 is 1.83. The van der Waals surface area contributed by atoms with Gasteiger partial charge in [0.1, 0.15) is 0 Å². The zero-order valence-corrected chi connectivity index (χ0v) is 17.4. The molecule has 2 aliphatic rings. The predicted octanol–water partition coefficient (Wildman–Crippen LogP) is 3.02. The summed E-state index contributed by atoms with van der Waals surface area (Å²) in [5.74, 6) is 0.886. The zero-order valence-electron chi connectivity index (χ0n) is 16.6. The Morgan fingerprint density at radius 2 is 1.93 bits per heavy atom. The van der Waals surface area contributed by atoms with Gasteiger partial charge in [0.05, 0.1) is 19.3 Å². The highest BCUT2D eigenvalue weighted by atomic mass is 32.1. The van der Waals surface area contributed by atoms with E-state index in [1.54, 1.807) is 0 Å². The lowest BCUT2D eigenvalue weighted by molar-refractivity contribution is 0.0177. The van der Waals surface area contributed by atoms with Gasteiger partial charge < -0.3 is 15.4 Å². The molecule has 6 heteroatoms. The first-order valence-corrected chi connectivity index (χ1v) is 11.0. The van der Waals surface area contributed by atoms with Gasteiger partial charge in [0.2, 0.25) is 0 Å². The van der Waals surface area contributed by atoms with E-state index < -0.39 is 0 Å². The van der Waals surface area contributed by atoms with E-state index in [1.807, 2.05) is 18.4 Å². The molecular formula is C22H30N4OS. The average molecular weight is 399 g/mol. The van der Waals surface area contributed by atoms with Crippen LogP contribution in [0.25, 0.3) is 0 Å². The third-order valence-electron chi connectivity index (χ3n) is 5.88. The van der Waals surface area contributed by atoms with Crippen LogP contribution in [0.5, 0.6) is 0 Å². The fraction of sp³-hybridized carbons (Fsp3) is 0.500.